The lowest BCUT2D eigenvalue weighted by molar-refractivity contribution is -0.124. The molecule has 184 valence electrons. The molecular weight excluding hydrogens is 469 g/mol. The topological polar surface area (TPSA) is 122 Å². The van der Waals surface area contributed by atoms with Crippen molar-refractivity contribution in [3.8, 4) is 11.1 Å². The van der Waals surface area contributed by atoms with Crippen LogP contribution in [0.5, 0.6) is 0 Å². The molecule has 0 amide bonds. The van der Waals surface area contributed by atoms with Gasteiger partial charge in [0.05, 0.1) is 10.9 Å². The molecule has 1 aliphatic rings. The van der Waals surface area contributed by atoms with Gasteiger partial charge in [0.25, 0.3) is 0 Å². The third kappa shape index (κ3) is 4.19. The van der Waals surface area contributed by atoms with Crippen molar-refractivity contribution in [3.05, 3.63) is 90.1 Å². The lowest BCUT2D eigenvalue weighted by Gasteiger charge is -2.31. The van der Waals surface area contributed by atoms with E-state index in [2.05, 4.69) is 20.6 Å². The fraction of sp³-hybridized carbons (Fsp3) is 0.143. The molecule has 0 saturated carbocycles. The summed E-state index contributed by atoms with van der Waals surface area (Å²) in [6.45, 7) is 1.76. The summed E-state index contributed by atoms with van der Waals surface area (Å²) >= 11 is 0. The molecule has 0 aliphatic heterocycles. The maximum absolute atomic E-state index is 13.5. The van der Waals surface area contributed by atoms with Gasteiger partial charge in [0.15, 0.2) is 5.78 Å². The number of hydrogen-bond acceptors (Lipinski definition) is 7. The summed E-state index contributed by atoms with van der Waals surface area (Å²) in [5.41, 5.74) is 11.2. The van der Waals surface area contributed by atoms with Crippen molar-refractivity contribution < 1.29 is 9.18 Å². The van der Waals surface area contributed by atoms with Gasteiger partial charge in [-0.2, -0.15) is 9.97 Å². The number of halogens is 1. The van der Waals surface area contributed by atoms with Gasteiger partial charge in [0, 0.05) is 41.9 Å². The largest absolute Gasteiger partial charge is 0.345 e. The summed E-state index contributed by atoms with van der Waals surface area (Å²) in [5.74, 6) is 0.665. The van der Waals surface area contributed by atoms with Crippen LogP contribution in [-0.4, -0.2) is 25.7 Å². The van der Waals surface area contributed by atoms with Crippen LogP contribution in [0.1, 0.15) is 24.5 Å². The minimum Gasteiger partial charge on any atom is -0.345 e. The molecule has 0 fully saturated rings. The first-order chi connectivity index (χ1) is 17.9. The number of aryl methyl sites for hydroxylation is 1. The second-order valence-corrected chi connectivity index (χ2v) is 9.31. The third-order valence-corrected chi connectivity index (χ3v) is 6.75. The average molecular weight is 494 g/mol. The number of H-pyrrole nitrogens is 1. The SMILES string of the molecule is CC1(N)C(=O)CCc2cc(Nc3nc(Nc4ccc(F)cc4)c4c(-c5ccncc5)c[nH]c4n3)ccc21. The number of Topliss-reactive ketones (excluding diaryl/α,β-unsaturated/α-hetero) is 1. The van der Waals surface area contributed by atoms with Gasteiger partial charge in [-0.15, -0.1) is 0 Å². The first-order valence-corrected chi connectivity index (χ1v) is 11.9. The van der Waals surface area contributed by atoms with Gasteiger partial charge in [0.2, 0.25) is 5.95 Å². The van der Waals surface area contributed by atoms with Crippen LogP contribution in [-0.2, 0) is 16.8 Å². The summed E-state index contributed by atoms with van der Waals surface area (Å²) in [7, 11) is 0. The van der Waals surface area contributed by atoms with Gasteiger partial charge < -0.3 is 21.4 Å². The molecule has 1 atom stereocenters. The Morgan fingerprint density at radius 1 is 0.973 bits per heavy atom. The summed E-state index contributed by atoms with van der Waals surface area (Å²) in [5, 5.41) is 7.40. The van der Waals surface area contributed by atoms with E-state index in [4.69, 9.17) is 15.7 Å². The number of benzene rings is 2. The molecule has 2 aromatic carbocycles. The number of fused-ring (bicyclic) bond motifs is 2. The zero-order valence-corrected chi connectivity index (χ0v) is 20.0. The first-order valence-electron chi connectivity index (χ1n) is 11.9. The van der Waals surface area contributed by atoms with Crippen LogP contribution in [0.25, 0.3) is 22.2 Å². The maximum Gasteiger partial charge on any atom is 0.231 e. The van der Waals surface area contributed by atoms with Crippen LogP contribution >= 0.6 is 0 Å². The van der Waals surface area contributed by atoms with Gasteiger partial charge in [-0.3, -0.25) is 9.78 Å². The third-order valence-electron chi connectivity index (χ3n) is 6.75. The van der Waals surface area contributed by atoms with Gasteiger partial charge in [0.1, 0.15) is 17.3 Å². The Morgan fingerprint density at radius 3 is 2.51 bits per heavy atom. The molecule has 1 unspecified atom stereocenters. The standard InChI is InChI=1S/C28H24FN7O/c1-28(30)22-8-7-20(14-17(22)2-9-23(28)37)34-27-35-25-24(21(15-32-25)16-10-12-31-13-11-16)26(36-27)33-19-5-3-18(29)4-6-19/h3-8,10-15H,2,9,30H2,1H3,(H3,32,33,34,35,36). The first kappa shape index (κ1) is 22.8. The number of hydrogen-bond donors (Lipinski definition) is 4. The molecule has 1 aliphatic carbocycles. The Labute approximate surface area is 212 Å². The number of carbonyl (C=O) groups excluding carboxylic acids is 1. The van der Waals surface area contributed by atoms with E-state index in [-0.39, 0.29) is 11.6 Å². The average Bonchev–Trinajstić information content (AvgIpc) is 3.33. The maximum atomic E-state index is 13.5. The van der Waals surface area contributed by atoms with Crippen molar-refractivity contribution in [1.82, 2.24) is 19.9 Å². The molecule has 8 nitrogen and oxygen atoms in total. The van der Waals surface area contributed by atoms with E-state index in [1.807, 2.05) is 36.5 Å². The van der Waals surface area contributed by atoms with Crippen molar-refractivity contribution in [2.45, 2.75) is 25.3 Å². The number of aromatic amines is 1. The zero-order valence-electron chi connectivity index (χ0n) is 20.0. The monoisotopic (exact) mass is 493 g/mol. The van der Waals surface area contributed by atoms with Gasteiger partial charge >= 0.3 is 0 Å². The molecule has 0 radical (unpaired) electrons. The van der Waals surface area contributed by atoms with E-state index in [1.54, 1.807) is 31.5 Å². The highest BCUT2D eigenvalue weighted by molar-refractivity contribution is 6.02. The summed E-state index contributed by atoms with van der Waals surface area (Å²) in [6.07, 6.45) is 6.39. The molecule has 0 saturated heterocycles. The lowest BCUT2D eigenvalue weighted by atomic mass is 9.77. The van der Waals surface area contributed by atoms with E-state index in [0.717, 1.165) is 33.3 Å². The minimum absolute atomic E-state index is 0.0442. The number of anilines is 4. The smallest absolute Gasteiger partial charge is 0.231 e. The lowest BCUT2D eigenvalue weighted by Crippen LogP contribution is -2.45. The van der Waals surface area contributed by atoms with Crippen LogP contribution in [0.15, 0.2) is 73.2 Å². The Bertz CT molecular complexity index is 1630. The van der Waals surface area contributed by atoms with E-state index >= 15 is 0 Å². The number of carbonyl (C=O) groups is 1. The van der Waals surface area contributed by atoms with E-state index in [0.29, 0.717) is 35.9 Å². The molecule has 0 bridgehead atoms. The van der Waals surface area contributed by atoms with Crippen molar-refractivity contribution in [3.63, 3.8) is 0 Å². The van der Waals surface area contributed by atoms with E-state index in [9.17, 15) is 9.18 Å². The number of rotatable bonds is 5. The van der Waals surface area contributed by atoms with Crippen LogP contribution in [0.3, 0.4) is 0 Å². The minimum atomic E-state index is -0.985. The Morgan fingerprint density at radius 2 is 1.73 bits per heavy atom. The van der Waals surface area contributed by atoms with Gasteiger partial charge in [-0.25, -0.2) is 4.39 Å². The van der Waals surface area contributed by atoms with Crippen molar-refractivity contribution >= 4 is 40.0 Å². The number of nitrogens with one attached hydrogen (secondary N) is 3. The van der Waals surface area contributed by atoms with Crippen LogP contribution in [0.2, 0.25) is 0 Å². The quantitative estimate of drug-likeness (QED) is 0.261. The molecule has 0 spiro atoms. The van der Waals surface area contributed by atoms with Crippen molar-refractivity contribution in [1.29, 1.82) is 0 Å². The van der Waals surface area contributed by atoms with Crippen molar-refractivity contribution in [2.24, 2.45) is 5.73 Å². The summed E-state index contributed by atoms with van der Waals surface area (Å²) in [4.78, 5) is 29.1. The molecule has 3 aromatic heterocycles. The fourth-order valence-corrected chi connectivity index (χ4v) is 4.78. The number of nitrogens with two attached hydrogens (primary N) is 1. The number of pyridine rings is 1. The number of ketones is 1. The number of nitrogens with zero attached hydrogens (tertiary/aromatic N) is 3. The fourth-order valence-electron chi connectivity index (χ4n) is 4.78. The Balaban J connectivity index is 1.41. The van der Waals surface area contributed by atoms with Crippen molar-refractivity contribution in [2.75, 3.05) is 10.6 Å². The second-order valence-electron chi connectivity index (χ2n) is 9.31. The Hall–Kier alpha value is -4.63. The van der Waals surface area contributed by atoms with Crippen LogP contribution in [0.4, 0.5) is 27.5 Å². The molecule has 9 heteroatoms. The highest BCUT2D eigenvalue weighted by Gasteiger charge is 2.35. The predicted molar refractivity (Wildman–Crippen MR) is 141 cm³/mol. The molecule has 37 heavy (non-hydrogen) atoms. The molecule has 5 aromatic rings. The molecule has 3 heterocycles. The highest BCUT2D eigenvalue weighted by Crippen LogP contribution is 2.36. The van der Waals surface area contributed by atoms with Crippen LogP contribution < -0.4 is 16.4 Å². The number of aromatic nitrogens is 4. The summed E-state index contributed by atoms with van der Waals surface area (Å²) in [6, 6.07) is 15.7. The van der Waals surface area contributed by atoms with Crippen LogP contribution in [0, 0.1) is 5.82 Å². The highest BCUT2D eigenvalue weighted by atomic mass is 19.1. The molecular formula is C28H24FN7O. The van der Waals surface area contributed by atoms with Gasteiger partial charge in [-0.1, -0.05) is 6.07 Å². The second kappa shape index (κ2) is 8.79. The normalized spacial score (nSPS) is 17.0. The molecule has 6 rings (SSSR count). The Kier molecular flexibility index (Phi) is 5.42. The molecule has 5 N–H and O–H groups in total. The van der Waals surface area contributed by atoms with Gasteiger partial charge in [-0.05, 0) is 78.6 Å². The van der Waals surface area contributed by atoms with E-state index in [1.165, 1.54) is 12.1 Å². The summed E-state index contributed by atoms with van der Waals surface area (Å²) < 4.78 is 13.5. The predicted octanol–water partition coefficient (Wildman–Crippen LogP) is 5.34. The zero-order chi connectivity index (χ0) is 25.6. The van der Waals surface area contributed by atoms with E-state index < -0.39 is 5.54 Å².